The highest BCUT2D eigenvalue weighted by Crippen LogP contribution is 2.12. The second kappa shape index (κ2) is 16.1. The predicted octanol–water partition coefficient (Wildman–Crippen LogP) is -1.71. The number of hydrogen-bond acceptors (Lipinski definition) is 9. The standard InChI is InChI=1S/C23H33N5O9S/c1-38-9-8-14(24)20(33)26-15(6-7-19(31)32)21(34)27-16(10-12-2-4-13(29)5-3-12)22(35)28-17(23(36)37)11-18(25)30/h2-5,14-17,29H,6-11,24H2,1H3,(H2,25,30)(H,26,33)(H,27,34)(H,28,35)(H,31,32)(H,36,37). The van der Waals surface area contributed by atoms with E-state index in [1.165, 1.54) is 36.0 Å². The summed E-state index contributed by atoms with van der Waals surface area (Å²) in [6, 6.07) is 0.213. The number of hydrogen-bond donors (Lipinski definition) is 8. The number of primary amides is 1. The number of benzene rings is 1. The summed E-state index contributed by atoms with van der Waals surface area (Å²) in [5.41, 5.74) is 11.4. The normalized spacial score (nSPS) is 13.8. The van der Waals surface area contributed by atoms with Crippen LogP contribution < -0.4 is 27.4 Å². The highest BCUT2D eigenvalue weighted by atomic mass is 32.2. The van der Waals surface area contributed by atoms with Crippen LogP contribution in [0.15, 0.2) is 24.3 Å². The van der Waals surface area contributed by atoms with Crippen LogP contribution in [0.25, 0.3) is 0 Å². The van der Waals surface area contributed by atoms with Crippen LogP contribution in [0.5, 0.6) is 5.75 Å². The molecule has 4 amide bonds. The first kappa shape index (κ1) is 32.2. The van der Waals surface area contributed by atoms with Crippen LogP contribution in [-0.4, -0.2) is 87.1 Å². The van der Waals surface area contributed by atoms with E-state index in [0.717, 1.165) is 0 Å². The molecule has 10 N–H and O–H groups in total. The van der Waals surface area contributed by atoms with Gasteiger partial charge in [-0.2, -0.15) is 11.8 Å². The van der Waals surface area contributed by atoms with E-state index in [0.29, 0.717) is 17.7 Å². The van der Waals surface area contributed by atoms with Crippen LogP contribution in [0.1, 0.15) is 31.2 Å². The van der Waals surface area contributed by atoms with E-state index >= 15 is 0 Å². The molecule has 0 aliphatic heterocycles. The molecule has 38 heavy (non-hydrogen) atoms. The van der Waals surface area contributed by atoms with Gasteiger partial charge < -0.3 is 42.7 Å². The van der Waals surface area contributed by atoms with Crippen molar-refractivity contribution in [3.05, 3.63) is 29.8 Å². The Morgan fingerprint density at radius 1 is 0.868 bits per heavy atom. The number of phenols is 1. The molecule has 0 radical (unpaired) electrons. The SMILES string of the molecule is CSCCC(N)C(=O)NC(CCC(=O)O)C(=O)NC(Cc1ccc(O)cc1)C(=O)NC(CC(N)=O)C(=O)O. The first-order chi connectivity index (χ1) is 17.8. The monoisotopic (exact) mass is 555 g/mol. The quantitative estimate of drug-likeness (QED) is 0.107. The Morgan fingerprint density at radius 3 is 1.95 bits per heavy atom. The molecule has 4 unspecified atom stereocenters. The molecule has 0 aromatic heterocycles. The minimum Gasteiger partial charge on any atom is -0.508 e. The van der Waals surface area contributed by atoms with Crippen LogP contribution in [-0.2, 0) is 35.2 Å². The van der Waals surface area contributed by atoms with Gasteiger partial charge in [0.1, 0.15) is 23.9 Å². The number of amides is 4. The Hall–Kier alpha value is -3.85. The van der Waals surface area contributed by atoms with E-state index in [9.17, 15) is 39.0 Å². The van der Waals surface area contributed by atoms with Gasteiger partial charge in [-0.25, -0.2) is 4.79 Å². The number of phenolic OH excluding ortho intramolecular Hbond substituents is 1. The summed E-state index contributed by atoms with van der Waals surface area (Å²) in [6.07, 6.45) is 0.468. The van der Waals surface area contributed by atoms with Crippen molar-refractivity contribution in [1.82, 2.24) is 16.0 Å². The Morgan fingerprint density at radius 2 is 1.42 bits per heavy atom. The average molecular weight is 556 g/mol. The minimum atomic E-state index is -1.67. The lowest BCUT2D eigenvalue weighted by molar-refractivity contribution is -0.143. The van der Waals surface area contributed by atoms with Crippen molar-refractivity contribution in [2.45, 2.75) is 56.3 Å². The molecule has 1 rings (SSSR count). The van der Waals surface area contributed by atoms with Crippen LogP contribution in [0.2, 0.25) is 0 Å². The molecule has 14 nitrogen and oxygen atoms in total. The Balaban J connectivity index is 3.17. The molecular weight excluding hydrogens is 522 g/mol. The number of carboxylic acid groups (broad SMARTS) is 2. The van der Waals surface area contributed by atoms with E-state index < -0.39 is 72.6 Å². The van der Waals surface area contributed by atoms with Crippen molar-refractivity contribution in [3.63, 3.8) is 0 Å². The molecule has 210 valence electrons. The molecule has 0 aliphatic rings. The molecule has 0 fully saturated rings. The smallest absolute Gasteiger partial charge is 0.326 e. The number of aromatic hydroxyl groups is 1. The van der Waals surface area contributed by atoms with Gasteiger partial charge in [0.25, 0.3) is 0 Å². The average Bonchev–Trinajstić information content (AvgIpc) is 2.84. The van der Waals surface area contributed by atoms with E-state index in [1.807, 2.05) is 6.26 Å². The van der Waals surface area contributed by atoms with Gasteiger partial charge >= 0.3 is 11.9 Å². The predicted molar refractivity (Wildman–Crippen MR) is 137 cm³/mol. The van der Waals surface area contributed by atoms with Crippen molar-refractivity contribution >= 4 is 47.3 Å². The molecule has 15 heteroatoms. The first-order valence-electron chi connectivity index (χ1n) is 11.5. The number of carbonyl (C=O) groups excluding carboxylic acids is 4. The fourth-order valence-electron chi connectivity index (χ4n) is 3.21. The summed E-state index contributed by atoms with van der Waals surface area (Å²) in [5, 5.41) is 34.9. The third kappa shape index (κ3) is 11.9. The maximum Gasteiger partial charge on any atom is 0.326 e. The Bertz CT molecular complexity index is 1010. The van der Waals surface area contributed by atoms with Crippen LogP contribution >= 0.6 is 11.8 Å². The molecular formula is C23H33N5O9S. The second-order valence-corrected chi connectivity index (χ2v) is 9.37. The third-order valence-corrected chi connectivity index (χ3v) is 5.92. The van der Waals surface area contributed by atoms with Gasteiger partial charge in [-0.1, -0.05) is 12.1 Å². The van der Waals surface area contributed by atoms with Crippen molar-refractivity contribution in [2.24, 2.45) is 11.5 Å². The number of nitrogens with two attached hydrogens (primary N) is 2. The van der Waals surface area contributed by atoms with Gasteiger partial charge in [0.15, 0.2) is 0 Å². The van der Waals surface area contributed by atoms with Crippen molar-refractivity contribution in [1.29, 1.82) is 0 Å². The zero-order chi connectivity index (χ0) is 28.8. The van der Waals surface area contributed by atoms with E-state index in [2.05, 4.69) is 16.0 Å². The minimum absolute atomic E-state index is 0.0551. The summed E-state index contributed by atoms with van der Waals surface area (Å²) in [5.74, 6) is -5.78. The van der Waals surface area contributed by atoms with Gasteiger partial charge in [-0.05, 0) is 42.5 Å². The van der Waals surface area contributed by atoms with Crippen LogP contribution in [0, 0.1) is 0 Å². The molecule has 4 atom stereocenters. The van der Waals surface area contributed by atoms with Crippen molar-refractivity contribution in [2.75, 3.05) is 12.0 Å². The van der Waals surface area contributed by atoms with Crippen molar-refractivity contribution < 1.29 is 44.1 Å². The molecule has 0 saturated carbocycles. The van der Waals surface area contributed by atoms with Gasteiger partial charge in [0.2, 0.25) is 23.6 Å². The fourth-order valence-corrected chi connectivity index (χ4v) is 3.70. The van der Waals surface area contributed by atoms with Gasteiger partial charge in [-0.3, -0.25) is 24.0 Å². The zero-order valence-electron chi connectivity index (χ0n) is 20.7. The second-order valence-electron chi connectivity index (χ2n) is 8.38. The summed E-state index contributed by atoms with van der Waals surface area (Å²) in [6.45, 7) is 0. The Kier molecular flexibility index (Phi) is 13.6. The summed E-state index contributed by atoms with van der Waals surface area (Å²) in [4.78, 5) is 72.4. The molecule has 0 aliphatic carbocycles. The van der Waals surface area contributed by atoms with Gasteiger partial charge in [0.05, 0.1) is 12.5 Å². The van der Waals surface area contributed by atoms with Gasteiger partial charge in [0, 0.05) is 12.8 Å². The highest BCUT2D eigenvalue weighted by molar-refractivity contribution is 7.98. The zero-order valence-corrected chi connectivity index (χ0v) is 21.5. The first-order valence-corrected chi connectivity index (χ1v) is 12.9. The maximum atomic E-state index is 13.1. The largest absolute Gasteiger partial charge is 0.508 e. The number of carbonyl (C=O) groups is 6. The summed E-state index contributed by atoms with van der Waals surface area (Å²) in [7, 11) is 0. The number of aliphatic carboxylic acids is 2. The Labute approximate surface area is 222 Å². The summed E-state index contributed by atoms with van der Waals surface area (Å²) >= 11 is 1.46. The third-order valence-electron chi connectivity index (χ3n) is 5.28. The summed E-state index contributed by atoms with van der Waals surface area (Å²) < 4.78 is 0. The number of nitrogens with one attached hydrogen (secondary N) is 3. The molecule has 0 spiro atoms. The van der Waals surface area contributed by atoms with Crippen molar-refractivity contribution in [3.8, 4) is 5.75 Å². The lowest BCUT2D eigenvalue weighted by atomic mass is 10.0. The molecule has 0 bridgehead atoms. The van der Waals surface area contributed by atoms with E-state index in [1.54, 1.807) is 0 Å². The van der Waals surface area contributed by atoms with E-state index in [4.69, 9.17) is 16.6 Å². The number of thioether (sulfide) groups is 1. The molecule has 0 heterocycles. The van der Waals surface area contributed by atoms with Crippen LogP contribution in [0.3, 0.4) is 0 Å². The molecule has 0 saturated heterocycles. The number of rotatable bonds is 17. The topological polar surface area (TPSA) is 251 Å². The van der Waals surface area contributed by atoms with Crippen LogP contribution in [0.4, 0.5) is 0 Å². The lowest BCUT2D eigenvalue weighted by Gasteiger charge is -2.25. The number of carboxylic acids is 2. The lowest BCUT2D eigenvalue weighted by Crippen LogP contribution is -2.58. The highest BCUT2D eigenvalue weighted by Gasteiger charge is 2.31. The van der Waals surface area contributed by atoms with Gasteiger partial charge in [-0.15, -0.1) is 0 Å². The fraction of sp³-hybridized carbons (Fsp3) is 0.478. The van der Waals surface area contributed by atoms with E-state index in [-0.39, 0.29) is 18.6 Å². The molecule has 1 aromatic carbocycles. The maximum absolute atomic E-state index is 13.1. The molecule has 1 aromatic rings.